The second-order valence-electron chi connectivity index (χ2n) is 2.69. The van der Waals surface area contributed by atoms with E-state index < -0.39 is 40.1 Å². The molecule has 0 atom stereocenters. The lowest BCUT2D eigenvalue weighted by atomic mass is 10.3. The van der Waals surface area contributed by atoms with E-state index in [9.17, 15) is 30.7 Å². The molecule has 0 amide bonds. The first-order chi connectivity index (χ1) is 7.57. The van der Waals surface area contributed by atoms with Gasteiger partial charge in [-0.25, -0.2) is 4.39 Å². The fraction of sp³-hybridized carbons (Fsp3) is 0.250. The van der Waals surface area contributed by atoms with Crippen LogP contribution in [0.1, 0.15) is 0 Å². The maximum atomic E-state index is 12.8. The molecule has 1 nitrogen and oxygen atoms in total. The number of rotatable bonds is 2. The largest absolute Gasteiger partial charge is 0.573 e. The molecule has 0 aliphatic heterocycles. The van der Waals surface area contributed by atoms with Crippen molar-refractivity contribution in [1.82, 2.24) is 0 Å². The van der Waals surface area contributed by atoms with Gasteiger partial charge in [0.05, 0.1) is 0 Å². The van der Waals surface area contributed by atoms with E-state index in [0.29, 0.717) is 18.2 Å². The minimum atomic E-state index is -5.16. The molecule has 0 radical (unpaired) electrons. The summed E-state index contributed by atoms with van der Waals surface area (Å²) in [4.78, 5) is -0.599. The molecule has 0 N–H and O–H groups in total. The highest BCUT2D eigenvalue weighted by atomic mass is 32.2. The van der Waals surface area contributed by atoms with Crippen LogP contribution in [-0.4, -0.2) is 11.9 Å². The van der Waals surface area contributed by atoms with Gasteiger partial charge in [0.25, 0.3) is 0 Å². The first kappa shape index (κ1) is 13.9. The first-order valence-electron chi connectivity index (χ1n) is 3.88. The molecule has 1 rings (SSSR count). The third kappa shape index (κ3) is 5.16. The molecule has 0 saturated carbocycles. The van der Waals surface area contributed by atoms with Gasteiger partial charge in [-0.15, -0.1) is 13.2 Å². The Bertz CT molecular complexity index is 398. The average molecular weight is 280 g/mol. The molecule has 96 valence electrons. The monoisotopic (exact) mass is 280 g/mol. The van der Waals surface area contributed by atoms with E-state index in [1.807, 2.05) is 0 Å². The topological polar surface area (TPSA) is 9.23 Å². The molecule has 0 bridgehead atoms. The van der Waals surface area contributed by atoms with E-state index in [2.05, 4.69) is 4.74 Å². The van der Waals surface area contributed by atoms with Crippen LogP contribution in [0.4, 0.5) is 30.7 Å². The third-order valence-electron chi connectivity index (χ3n) is 1.36. The van der Waals surface area contributed by atoms with Gasteiger partial charge in [-0.3, -0.25) is 0 Å². The summed E-state index contributed by atoms with van der Waals surface area (Å²) in [6, 6.07) is 1.51. The SMILES string of the molecule is Fc1ccc(SC(F)(F)F)cc1OC(F)(F)F. The van der Waals surface area contributed by atoms with Crippen LogP contribution < -0.4 is 4.74 Å². The highest BCUT2D eigenvalue weighted by Crippen LogP contribution is 2.39. The zero-order chi connectivity index (χ0) is 13.3. The average Bonchev–Trinajstić information content (AvgIpc) is 2.05. The second-order valence-corrected chi connectivity index (χ2v) is 3.83. The summed E-state index contributed by atoms with van der Waals surface area (Å²) < 4.78 is 87.1. The number of benzene rings is 1. The van der Waals surface area contributed by atoms with Crippen molar-refractivity contribution in [3.05, 3.63) is 24.0 Å². The molecule has 17 heavy (non-hydrogen) atoms. The van der Waals surface area contributed by atoms with E-state index in [1.54, 1.807) is 0 Å². The molecule has 0 spiro atoms. The lowest BCUT2D eigenvalue weighted by molar-refractivity contribution is -0.275. The zero-order valence-corrected chi connectivity index (χ0v) is 8.51. The number of ether oxygens (including phenoxy) is 1. The van der Waals surface area contributed by atoms with Gasteiger partial charge in [0, 0.05) is 4.90 Å². The lowest BCUT2D eigenvalue weighted by Gasteiger charge is -2.11. The summed E-state index contributed by atoms with van der Waals surface area (Å²) in [6.45, 7) is 0. The fourth-order valence-corrected chi connectivity index (χ4v) is 1.45. The highest BCUT2D eigenvalue weighted by Gasteiger charge is 2.34. The second kappa shape index (κ2) is 4.63. The Morgan fingerprint density at radius 1 is 1.00 bits per heavy atom. The van der Waals surface area contributed by atoms with Crippen molar-refractivity contribution in [2.24, 2.45) is 0 Å². The van der Waals surface area contributed by atoms with Crippen LogP contribution in [0.25, 0.3) is 0 Å². The molecular weight excluding hydrogens is 277 g/mol. The molecule has 0 fully saturated rings. The molecule has 1 aromatic rings. The summed E-state index contributed by atoms with van der Waals surface area (Å²) in [5, 5.41) is 0. The summed E-state index contributed by atoms with van der Waals surface area (Å²) in [6.07, 6.45) is -5.16. The van der Waals surface area contributed by atoms with Crippen molar-refractivity contribution in [2.75, 3.05) is 0 Å². The quantitative estimate of drug-likeness (QED) is 0.589. The maximum absolute atomic E-state index is 12.8. The van der Waals surface area contributed by atoms with Gasteiger partial charge in [-0.1, -0.05) is 0 Å². The van der Waals surface area contributed by atoms with Crippen LogP contribution in [-0.2, 0) is 0 Å². The van der Waals surface area contributed by atoms with Crippen molar-refractivity contribution >= 4 is 11.8 Å². The minimum Gasteiger partial charge on any atom is -0.403 e. The molecular formula is C8H3F7OS. The predicted molar refractivity (Wildman–Crippen MR) is 45.0 cm³/mol. The van der Waals surface area contributed by atoms with E-state index in [4.69, 9.17) is 0 Å². The Morgan fingerprint density at radius 2 is 1.59 bits per heavy atom. The Morgan fingerprint density at radius 3 is 2.06 bits per heavy atom. The van der Waals surface area contributed by atoms with Crippen molar-refractivity contribution in [3.63, 3.8) is 0 Å². The van der Waals surface area contributed by atoms with Crippen LogP contribution in [0.5, 0.6) is 5.75 Å². The summed E-state index contributed by atoms with van der Waals surface area (Å²) in [7, 11) is 0. The van der Waals surface area contributed by atoms with Crippen molar-refractivity contribution in [3.8, 4) is 5.75 Å². The van der Waals surface area contributed by atoms with Crippen molar-refractivity contribution in [1.29, 1.82) is 0 Å². The van der Waals surface area contributed by atoms with Gasteiger partial charge in [-0.2, -0.15) is 13.2 Å². The molecule has 0 aliphatic carbocycles. The van der Waals surface area contributed by atoms with E-state index >= 15 is 0 Å². The number of hydrogen-bond acceptors (Lipinski definition) is 2. The maximum Gasteiger partial charge on any atom is 0.573 e. The van der Waals surface area contributed by atoms with Crippen LogP contribution in [0.15, 0.2) is 23.1 Å². The summed E-state index contributed by atoms with van der Waals surface area (Å²) in [5.41, 5.74) is -4.67. The van der Waals surface area contributed by atoms with Crippen LogP contribution in [0, 0.1) is 5.82 Å². The predicted octanol–water partition coefficient (Wildman–Crippen LogP) is 4.34. The Hall–Kier alpha value is -1.12. The zero-order valence-electron chi connectivity index (χ0n) is 7.69. The number of alkyl halides is 6. The van der Waals surface area contributed by atoms with Gasteiger partial charge in [0.15, 0.2) is 11.6 Å². The van der Waals surface area contributed by atoms with Crippen LogP contribution in [0.2, 0.25) is 0 Å². The third-order valence-corrected chi connectivity index (χ3v) is 2.08. The summed E-state index contributed by atoms with van der Waals surface area (Å²) in [5.74, 6) is -2.69. The minimum absolute atomic E-state index is 0.334. The Kier molecular flexibility index (Phi) is 3.80. The molecule has 9 heteroatoms. The van der Waals surface area contributed by atoms with E-state index in [0.717, 1.165) is 0 Å². The van der Waals surface area contributed by atoms with Gasteiger partial charge in [0.1, 0.15) is 0 Å². The standard InChI is InChI=1S/C8H3F7OS/c9-5-2-1-4(17-8(13,14)15)3-6(5)16-7(10,11)12/h1-3H. The van der Waals surface area contributed by atoms with Crippen LogP contribution >= 0.6 is 11.8 Å². The van der Waals surface area contributed by atoms with E-state index in [-0.39, 0.29) is 0 Å². The van der Waals surface area contributed by atoms with Crippen LogP contribution in [0.3, 0.4) is 0 Å². The summed E-state index contributed by atoms with van der Waals surface area (Å²) >= 11 is -0.664. The van der Waals surface area contributed by atoms with Gasteiger partial charge in [-0.05, 0) is 30.0 Å². The van der Waals surface area contributed by atoms with Gasteiger partial charge >= 0.3 is 11.9 Å². The Balaban J connectivity index is 2.95. The molecule has 0 heterocycles. The Labute approximate surface area is 94.6 Å². The van der Waals surface area contributed by atoms with Gasteiger partial charge < -0.3 is 4.74 Å². The number of halogens is 7. The molecule has 0 aliphatic rings. The van der Waals surface area contributed by atoms with E-state index in [1.165, 1.54) is 0 Å². The molecule has 0 unspecified atom stereocenters. The fourth-order valence-electron chi connectivity index (χ4n) is 0.884. The smallest absolute Gasteiger partial charge is 0.403 e. The number of hydrogen-bond donors (Lipinski definition) is 0. The molecule has 0 saturated heterocycles. The number of thioether (sulfide) groups is 1. The highest BCUT2D eigenvalue weighted by molar-refractivity contribution is 8.00. The first-order valence-corrected chi connectivity index (χ1v) is 4.69. The van der Waals surface area contributed by atoms with Gasteiger partial charge in [0.2, 0.25) is 0 Å². The van der Waals surface area contributed by atoms with Crippen molar-refractivity contribution < 1.29 is 35.5 Å². The lowest BCUT2D eigenvalue weighted by Crippen LogP contribution is -2.18. The molecule has 1 aromatic carbocycles. The normalized spacial score (nSPS) is 12.6. The molecule has 0 aromatic heterocycles. The van der Waals surface area contributed by atoms with Crippen molar-refractivity contribution in [2.45, 2.75) is 16.8 Å².